The maximum absolute atomic E-state index is 10.6. The highest BCUT2D eigenvalue weighted by atomic mass is 16.6. The van der Waals surface area contributed by atoms with Crippen molar-refractivity contribution in [2.45, 2.75) is 25.4 Å². The second kappa shape index (κ2) is 4.40. The molecule has 1 fully saturated rings. The summed E-state index contributed by atoms with van der Waals surface area (Å²) in [5.74, 6) is 0. The molecule has 1 heterocycles. The van der Waals surface area contributed by atoms with Gasteiger partial charge in [0, 0.05) is 12.7 Å². The van der Waals surface area contributed by atoms with Gasteiger partial charge in [-0.15, -0.1) is 0 Å². The number of nitro benzene ring substituents is 1. The Morgan fingerprint density at radius 1 is 1.53 bits per heavy atom. The topological polar surface area (TPSA) is 52.4 Å². The first-order valence-electron chi connectivity index (χ1n) is 5.05. The first-order chi connectivity index (χ1) is 7.27. The van der Waals surface area contributed by atoms with Gasteiger partial charge in [-0.05, 0) is 30.9 Å². The molecule has 1 aliphatic heterocycles. The average molecular weight is 206 g/mol. The summed E-state index contributed by atoms with van der Waals surface area (Å²) in [7, 11) is 0. The zero-order valence-electron chi connectivity index (χ0n) is 8.31. The van der Waals surface area contributed by atoms with Gasteiger partial charge < -0.3 is 4.74 Å². The van der Waals surface area contributed by atoms with Crippen molar-refractivity contribution in [2.75, 3.05) is 6.61 Å². The summed E-state index contributed by atoms with van der Waals surface area (Å²) in [5, 5.41) is 10.6. The second-order valence-corrected chi connectivity index (χ2v) is 3.62. The molecule has 0 aromatic heterocycles. The zero-order chi connectivity index (χ0) is 10.7. The van der Waals surface area contributed by atoms with Crippen molar-refractivity contribution < 1.29 is 9.66 Å². The van der Waals surface area contributed by atoms with Gasteiger partial charge in [0.1, 0.15) is 0 Å². The van der Waals surface area contributed by atoms with Crippen LogP contribution in [-0.2, 0) is 4.74 Å². The van der Waals surface area contributed by atoms with Gasteiger partial charge in [0.15, 0.2) is 0 Å². The van der Waals surface area contributed by atoms with E-state index < -0.39 is 4.92 Å². The van der Waals surface area contributed by atoms with Crippen LogP contribution in [0, 0.1) is 16.2 Å². The molecule has 0 aliphatic carbocycles. The van der Waals surface area contributed by atoms with Crippen molar-refractivity contribution in [2.24, 2.45) is 0 Å². The third-order valence-electron chi connectivity index (χ3n) is 2.56. The van der Waals surface area contributed by atoms with Crippen LogP contribution in [0.2, 0.25) is 0 Å². The predicted octanol–water partition coefficient (Wildman–Crippen LogP) is 2.64. The monoisotopic (exact) mass is 206 g/mol. The van der Waals surface area contributed by atoms with Crippen LogP contribution in [0.1, 0.15) is 30.9 Å². The number of ether oxygens (including phenoxy) is 1. The minimum Gasteiger partial charge on any atom is -0.374 e. The Labute approximate surface area is 88.0 Å². The molecule has 1 unspecified atom stereocenters. The summed E-state index contributed by atoms with van der Waals surface area (Å²) in [5.41, 5.74) is 0.904. The molecule has 1 aromatic carbocycles. The molecular formula is C11H12NO3. The first kappa shape index (κ1) is 10.1. The number of hydrogen-bond donors (Lipinski definition) is 0. The molecule has 0 bridgehead atoms. The lowest BCUT2D eigenvalue weighted by atomic mass is 10.0. The summed E-state index contributed by atoms with van der Waals surface area (Å²) in [4.78, 5) is 10.1. The molecule has 79 valence electrons. The number of benzene rings is 1. The van der Waals surface area contributed by atoms with Crippen LogP contribution in [0.5, 0.6) is 0 Å². The fourth-order valence-corrected chi connectivity index (χ4v) is 1.78. The van der Waals surface area contributed by atoms with E-state index in [0.717, 1.165) is 31.4 Å². The molecular weight excluding hydrogens is 194 g/mol. The summed E-state index contributed by atoms with van der Waals surface area (Å²) in [6.07, 6.45) is 3.17. The normalized spacial score (nSPS) is 21.2. The van der Waals surface area contributed by atoms with E-state index in [1.54, 1.807) is 12.1 Å². The maximum Gasteiger partial charge on any atom is 0.277 e. The fourth-order valence-electron chi connectivity index (χ4n) is 1.78. The van der Waals surface area contributed by atoms with E-state index in [4.69, 9.17) is 4.74 Å². The number of nitro groups is 1. The highest BCUT2D eigenvalue weighted by molar-refractivity contribution is 5.34. The average Bonchev–Trinajstić information content (AvgIpc) is 2.30. The molecule has 4 heteroatoms. The quantitative estimate of drug-likeness (QED) is 0.552. The number of hydrogen-bond acceptors (Lipinski definition) is 3. The molecule has 2 rings (SSSR count). The van der Waals surface area contributed by atoms with Gasteiger partial charge in [-0.1, -0.05) is 6.07 Å². The predicted molar refractivity (Wildman–Crippen MR) is 54.5 cm³/mol. The lowest BCUT2D eigenvalue weighted by Gasteiger charge is -2.22. The molecule has 1 aliphatic rings. The lowest BCUT2D eigenvalue weighted by molar-refractivity contribution is -0.385. The Bertz CT molecular complexity index is 359. The van der Waals surface area contributed by atoms with Crippen LogP contribution in [0.3, 0.4) is 0 Å². The van der Waals surface area contributed by atoms with Gasteiger partial charge in [0.05, 0.1) is 17.1 Å². The molecule has 0 amide bonds. The molecule has 1 atom stereocenters. The molecule has 15 heavy (non-hydrogen) atoms. The number of non-ortho nitro benzene ring substituents is 1. The van der Waals surface area contributed by atoms with Gasteiger partial charge in [0.25, 0.3) is 5.69 Å². The molecule has 1 radical (unpaired) electrons. The summed E-state index contributed by atoms with van der Waals surface area (Å²) in [6.45, 7) is 0.747. The Morgan fingerprint density at radius 3 is 3.07 bits per heavy atom. The van der Waals surface area contributed by atoms with E-state index >= 15 is 0 Å². The van der Waals surface area contributed by atoms with Crippen LogP contribution in [0.4, 0.5) is 5.69 Å². The summed E-state index contributed by atoms with van der Waals surface area (Å²) in [6, 6.07) is 7.57. The molecule has 4 nitrogen and oxygen atoms in total. The third-order valence-corrected chi connectivity index (χ3v) is 2.56. The van der Waals surface area contributed by atoms with Crippen molar-refractivity contribution in [3.63, 3.8) is 0 Å². The molecule has 0 spiro atoms. The van der Waals surface area contributed by atoms with Crippen molar-refractivity contribution in [1.29, 1.82) is 0 Å². The lowest BCUT2D eigenvalue weighted by Crippen LogP contribution is -2.11. The minimum absolute atomic E-state index is 0.0154. The van der Waals surface area contributed by atoms with Crippen LogP contribution >= 0.6 is 0 Å². The Morgan fingerprint density at radius 2 is 2.40 bits per heavy atom. The zero-order valence-corrected chi connectivity index (χ0v) is 8.31. The van der Waals surface area contributed by atoms with E-state index in [0.29, 0.717) is 0 Å². The van der Waals surface area contributed by atoms with Gasteiger partial charge >= 0.3 is 0 Å². The van der Waals surface area contributed by atoms with Crippen molar-refractivity contribution >= 4 is 5.69 Å². The molecule has 1 aromatic rings. The van der Waals surface area contributed by atoms with Gasteiger partial charge in [0.2, 0.25) is 0 Å². The Hall–Kier alpha value is -1.42. The summed E-state index contributed by atoms with van der Waals surface area (Å²) >= 11 is 0. The van der Waals surface area contributed by atoms with E-state index in [1.165, 1.54) is 0 Å². The molecule has 0 saturated carbocycles. The minimum atomic E-state index is -0.424. The second-order valence-electron chi connectivity index (χ2n) is 3.62. The van der Waals surface area contributed by atoms with E-state index in [-0.39, 0.29) is 11.8 Å². The van der Waals surface area contributed by atoms with Crippen LogP contribution in [0.25, 0.3) is 0 Å². The number of rotatable bonds is 2. The van der Waals surface area contributed by atoms with Gasteiger partial charge in [-0.25, -0.2) is 0 Å². The fraction of sp³-hybridized carbons (Fsp3) is 0.455. The Kier molecular flexibility index (Phi) is 2.97. The van der Waals surface area contributed by atoms with Crippen LogP contribution in [0.15, 0.2) is 18.2 Å². The van der Waals surface area contributed by atoms with Gasteiger partial charge in [-0.2, -0.15) is 0 Å². The maximum atomic E-state index is 10.6. The van der Waals surface area contributed by atoms with E-state index in [2.05, 4.69) is 6.07 Å². The van der Waals surface area contributed by atoms with Crippen molar-refractivity contribution in [3.8, 4) is 0 Å². The van der Waals surface area contributed by atoms with Crippen LogP contribution < -0.4 is 0 Å². The SMILES string of the molecule is O=[N+]([O-])c1[c]ccc(C2CCCCO2)c1. The smallest absolute Gasteiger partial charge is 0.277 e. The number of nitrogens with zero attached hydrogens (tertiary/aromatic N) is 1. The summed E-state index contributed by atoms with van der Waals surface area (Å²) < 4.78 is 5.56. The Balaban J connectivity index is 2.19. The standard InChI is InChI=1S/C11H12NO3/c13-12(14)10-5-3-4-9(8-10)11-6-1-2-7-15-11/h3-4,8,11H,1-2,6-7H2. The van der Waals surface area contributed by atoms with E-state index in [1.807, 2.05) is 6.07 Å². The van der Waals surface area contributed by atoms with E-state index in [9.17, 15) is 10.1 Å². The molecule has 0 N–H and O–H groups in total. The highest BCUT2D eigenvalue weighted by Crippen LogP contribution is 2.29. The first-order valence-corrected chi connectivity index (χ1v) is 5.05. The van der Waals surface area contributed by atoms with Crippen molar-refractivity contribution in [1.82, 2.24) is 0 Å². The molecule has 1 saturated heterocycles. The largest absolute Gasteiger partial charge is 0.374 e. The van der Waals surface area contributed by atoms with Crippen molar-refractivity contribution in [3.05, 3.63) is 39.9 Å². The third kappa shape index (κ3) is 2.33. The van der Waals surface area contributed by atoms with Gasteiger partial charge in [-0.3, -0.25) is 10.1 Å². The van der Waals surface area contributed by atoms with Crippen LogP contribution in [-0.4, -0.2) is 11.5 Å². The highest BCUT2D eigenvalue weighted by Gasteiger charge is 2.18.